The molecule has 0 atom stereocenters. The Morgan fingerprint density at radius 3 is 2.33 bits per heavy atom. The molecule has 0 unspecified atom stereocenters. The molecule has 1 N–H and O–H groups in total. The van der Waals surface area contributed by atoms with Crippen LogP contribution in [-0.2, 0) is 14.3 Å². The largest absolute Gasteiger partial charge is 0.383 e. The first-order valence-corrected chi connectivity index (χ1v) is 8.31. The van der Waals surface area contributed by atoms with Crippen LogP contribution in [0.5, 0.6) is 0 Å². The van der Waals surface area contributed by atoms with Gasteiger partial charge in [-0.2, -0.15) is 0 Å². The van der Waals surface area contributed by atoms with E-state index in [9.17, 15) is 18.4 Å². The van der Waals surface area contributed by atoms with Gasteiger partial charge in [0.15, 0.2) is 11.6 Å². The van der Waals surface area contributed by atoms with Crippen LogP contribution in [0.25, 0.3) is 5.57 Å². The molecule has 2 aromatic rings. The maximum atomic E-state index is 13.5. The van der Waals surface area contributed by atoms with Crippen molar-refractivity contribution in [1.82, 2.24) is 4.90 Å². The standard InChI is InChI=1S/C20H18F2N2O3/c1-12-3-5-13(6-4-12)17-18(20(26)24(19(17)25)9-10-27-2)23-14-7-8-15(21)16(22)11-14/h3-8,11,23H,9-10H2,1-2H3. The van der Waals surface area contributed by atoms with Crippen molar-refractivity contribution in [3.63, 3.8) is 0 Å². The second-order valence-electron chi connectivity index (χ2n) is 6.12. The summed E-state index contributed by atoms with van der Waals surface area (Å²) in [5, 5.41) is 2.78. The Bertz CT molecular complexity index is 923. The Morgan fingerprint density at radius 1 is 1.00 bits per heavy atom. The molecule has 0 fully saturated rings. The van der Waals surface area contributed by atoms with Gasteiger partial charge in [-0.1, -0.05) is 29.8 Å². The molecule has 5 nitrogen and oxygen atoms in total. The predicted octanol–water partition coefficient (Wildman–Crippen LogP) is 3.11. The number of nitrogens with one attached hydrogen (secondary N) is 1. The van der Waals surface area contributed by atoms with Gasteiger partial charge in [0.05, 0.1) is 18.7 Å². The van der Waals surface area contributed by atoms with Crippen molar-refractivity contribution in [1.29, 1.82) is 0 Å². The molecule has 3 rings (SSSR count). The lowest BCUT2D eigenvalue weighted by Gasteiger charge is -2.14. The topological polar surface area (TPSA) is 58.6 Å². The first kappa shape index (κ1) is 18.7. The fourth-order valence-electron chi connectivity index (χ4n) is 2.78. The monoisotopic (exact) mass is 372 g/mol. The summed E-state index contributed by atoms with van der Waals surface area (Å²) in [5.41, 5.74) is 1.93. The summed E-state index contributed by atoms with van der Waals surface area (Å²) in [6, 6.07) is 10.3. The number of imide groups is 1. The number of carbonyl (C=O) groups excluding carboxylic acids is 2. The number of amides is 2. The van der Waals surface area contributed by atoms with Crippen LogP contribution in [0.3, 0.4) is 0 Å². The van der Waals surface area contributed by atoms with Gasteiger partial charge >= 0.3 is 0 Å². The molecule has 0 spiro atoms. The Hall–Kier alpha value is -3.06. The number of aryl methyl sites for hydroxylation is 1. The molecule has 0 saturated heterocycles. The highest BCUT2D eigenvalue weighted by Crippen LogP contribution is 2.30. The third kappa shape index (κ3) is 3.73. The van der Waals surface area contributed by atoms with E-state index in [4.69, 9.17) is 4.74 Å². The summed E-state index contributed by atoms with van der Waals surface area (Å²) in [4.78, 5) is 26.7. The lowest BCUT2D eigenvalue weighted by Crippen LogP contribution is -2.35. The van der Waals surface area contributed by atoms with Crippen LogP contribution in [0, 0.1) is 18.6 Å². The minimum Gasteiger partial charge on any atom is -0.383 e. The van der Waals surface area contributed by atoms with Gasteiger partial charge in [-0.25, -0.2) is 8.78 Å². The summed E-state index contributed by atoms with van der Waals surface area (Å²) in [6.07, 6.45) is 0. The van der Waals surface area contributed by atoms with Crippen LogP contribution in [0.15, 0.2) is 48.2 Å². The smallest absolute Gasteiger partial charge is 0.278 e. The third-order valence-corrected chi connectivity index (χ3v) is 4.22. The summed E-state index contributed by atoms with van der Waals surface area (Å²) >= 11 is 0. The molecule has 0 aromatic heterocycles. The summed E-state index contributed by atoms with van der Waals surface area (Å²) in [7, 11) is 1.47. The molecule has 0 bridgehead atoms. The number of ether oxygens (including phenoxy) is 1. The van der Waals surface area contributed by atoms with E-state index in [1.54, 1.807) is 12.1 Å². The molecule has 2 aromatic carbocycles. The van der Waals surface area contributed by atoms with Crippen molar-refractivity contribution in [2.24, 2.45) is 0 Å². The predicted molar refractivity (Wildman–Crippen MR) is 96.7 cm³/mol. The van der Waals surface area contributed by atoms with Crippen LogP contribution < -0.4 is 5.32 Å². The molecule has 1 heterocycles. The fraction of sp³-hybridized carbons (Fsp3) is 0.200. The fourth-order valence-corrected chi connectivity index (χ4v) is 2.78. The molecule has 27 heavy (non-hydrogen) atoms. The molecule has 0 aliphatic carbocycles. The van der Waals surface area contributed by atoms with Gasteiger partial charge < -0.3 is 10.1 Å². The normalized spacial score (nSPS) is 14.3. The molecule has 1 aliphatic rings. The first-order chi connectivity index (χ1) is 12.9. The minimum atomic E-state index is -1.05. The van der Waals surface area contributed by atoms with Gasteiger partial charge in [0.2, 0.25) is 0 Å². The number of methoxy groups -OCH3 is 1. The highest BCUT2D eigenvalue weighted by atomic mass is 19.2. The van der Waals surface area contributed by atoms with Crippen molar-refractivity contribution in [3.05, 3.63) is 70.9 Å². The van der Waals surface area contributed by atoms with Crippen molar-refractivity contribution >= 4 is 23.1 Å². The maximum absolute atomic E-state index is 13.5. The number of hydrogen-bond acceptors (Lipinski definition) is 4. The van der Waals surface area contributed by atoms with Gasteiger partial charge in [-0.05, 0) is 24.6 Å². The van der Waals surface area contributed by atoms with Crippen LogP contribution >= 0.6 is 0 Å². The van der Waals surface area contributed by atoms with Gasteiger partial charge in [0, 0.05) is 18.9 Å². The molecule has 0 saturated carbocycles. The van der Waals surface area contributed by atoms with Crippen LogP contribution in [0.2, 0.25) is 0 Å². The number of carbonyl (C=O) groups is 2. The molecule has 2 amide bonds. The van der Waals surface area contributed by atoms with Gasteiger partial charge in [0.1, 0.15) is 5.70 Å². The zero-order valence-corrected chi connectivity index (χ0v) is 14.9. The molecule has 140 valence electrons. The van der Waals surface area contributed by atoms with Gasteiger partial charge in [-0.15, -0.1) is 0 Å². The van der Waals surface area contributed by atoms with Crippen LogP contribution in [-0.4, -0.2) is 37.0 Å². The average molecular weight is 372 g/mol. The number of rotatable bonds is 6. The van der Waals surface area contributed by atoms with E-state index in [0.29, 0.717) is 5.56 Å². The summed E-state index contributed by atoms with van der Waals surface area (Å²) < 4.78 is 31.7. The third-order valence-electron chi connectivity index (χ3n) is 4.22. The van der Waals surface area contributed by atoms with Crippen LogP contribution in [0.1, 0.15) is 11.1 Å². The molecule has 1 aliphatic heterocycles. The van der Waals surface area contributed by atoms with Crippen molar-refractivity contribution in [2.75, 3.05) is 25.6 Å². The highest BCUT2D eigenvalue weighted by molar-refractivity contribution is 6.36. The second-order valence-corrected chi connectivity index (χ2v) is 6.12. The average Bonchev–Trinajstić information content (AvgIpc) is 2.87. The van der Waals surface area contributed by atoms with Crippen molar-refractivity contribution < 1.29 is 23.1 Å². The van der Waals surface area contributed by atoms with E-state index in [2.05, 4.69) is 5.32 Å². The minimum absolute atomic E-state index is 0.0194. The van der Waals surface area contributed by atoms with E-state index in [1.165, 1.54) is 13.2 Å². The van der Waals surface area contributed by atoms with Gasteiger partial charge in [-0.3, -0.25) is 14.5 Å². The van der Waals surface area contributed by atoms with E-state index in [1.807, 2.05) is 19.1 Å². The van der Waals surface area contributed by atoms with E-state index < -0.39 is 23.4 Å². The molecule has 7 heteroatoms. The Labute approximate surface area is 155 Å². The molecular weight excluding hydrogens is 354 g/mol. The first-order valence-electron chi connectivity index (χ1n) is 8.31. The zero-order valence-electron chi connectivity index (χ0n) is 14.9. The van der Waals surface area contributed by atoms with E-state index in [0.717, 1.165) is 22.6 Å². The molecule has 0 radical (unpaired) electrons. The SMILES string of the molecule is COCCN1C(=O)C(Nc2ccc(F)c(F)c2)=C(c2ccc(C)cc2)C1=O. The Morgan fingerprint density at radius 2 is 1.70 bits per heavy atom. The molecular formula is C20H18F2N2O3. The number of halogens is 2. The summed E-state index contributed by atoms with van der Waals surface area (Å²) in [5.74, 6) is -3.06. The Balaban J connectivity index is 2.04. The number of benzene rings is 2. The quantitative estimate of drug-likeness (QED) is 0.792. The second kappa shape index (κ2) is 7.67. The van der Waals surface area contributed by atoms with Gasteiger partial charge in [0.25, 0.3) is 11.8 Å². The number of anilines is 1. The van der Waals surface area contributed by atoms with Crippen LogP contribution in [0.4, 0.5) is 14.5 Å². The van der Waals surface area contributed by atoms with E-state index in [-0.39, 0.29) is 30.1 Å². The highest BCUT2D eigenvalue weighted by Gasteiger charge is 2.38. The number of hydrogen-bond donors (Lipinski definition) is 1. The van der Waals surface area contributed by atoms with Crippen molar-refractivity contribution in [2.45, 2.75) is 6.92 Å². The Kier molecular flexibility index (Phi) is 5.32. The lowest BCUT2D eigenvalue weighted by atomic mass is 10.0. The summed E-state index contributed by atoms with van der Waals surface area (Å²) in [6.45, 7) is 2.19. The maximum Gasteiger partial charge on any atom is 0.278 e. The number of nitrogens with zero attached hydrogens (tertiary/aromatic N) is 1. The lowest BCUT2D eigenvalue weighted by molar-refractivity contribution is -0.137. The zero-order chi connectivity index (χ0) is 19.6. The van der Waals surface area contributed by atoms with Crippen molar-refractivity contribution in [3.8, 4) is 0 Å². The van der Waals surface area contributed by atoms with E-state index >= 15 is 0 Å².